The summed E-state index contributed by atoms with van der Waals surface area (Å²) >= 11 is 0. The Hall–Kier alpha value is -0.850. The summed E-state index contributed by atoms with van der Waals surface area (Å²) in [6, 6.07) is -1.12. The third kappa shape index (κ3) is 4.21. The van der Waals surface area contributed by atoms with Crippen LogP contribution in [0.4, 0.5) is 0 Å². The van der Waals surface area contributed by atoms with Crippen molar-refractivity contribution in [3.05, 3.63) is 0 Å². The zero-order valence-electron chi connectivity index (χ0n) is 13.3. The van der Waals surface area contributed by atoms with Crippen molar-refractivity contribution in [1.82, 2.24) is 5.32 Å². The zero-order valence-corrected chi connectivity index (χ0v) is 13.3. The molecule has 1 amide bonds. The van der Waals surface area contributed by atoms with Crippen LogP contribution in [0.3, 0.4) is 0 Å². The molecule has 2 aliphatic heterocycles. The highest BCUT2D eigenvalue weighted by Crippen LogP contribution is 2.27. The van der Waals surface area contributed by atoms with Crippen molar-refractivity contribution >= 4 is 5.91 Å². The van der Waals surface area contributed by atoms with E-state index in [1.165, 1.54) is 6.92 Å². The Kier molecular flexibility index (Phi) is 6.89. The van der Waals surface area contributed by atoms with Crippen LogP contribution >= 0.6 is 0 Å². The van der Waals surface area contributed by atoms with Crippen molar-refractivity contribution < 1.29 is 44.5 Å². The first-order chi connectivity index (χ1) is 11.4. The molecule has 0 aliphatic carbocycles. The largest absolute Gasteiger partial charge is 0.394 e. The molecule has 0 radical (unpaired) electrons. The summed E-state index contributed by atoms with van der Waals surface area (Å²) in [6.07, 6.45) is -7.64. The van der Waals surface area contributed by atoms with Crippen LogP contribution in [-0.2, 0) is 19.0 Å². The second kappa shape index (κ2) is 8.50. The van der Waals surface area contributed by atoms with E-state index in [9.17, 15) is 30.3 Å². The van der Waals surface area contributed by atoms with E-state index in [4.69, 9.17) is 14.2 Å². The molecule has 2 fully saturated rings. The summed E-state index contributed by atoms with van der Waals surface area (Å²) in [6.45, 7) is 0.517. The van der Waals surface area contributed by atoms with E-state index in [2.05, 4.69) is 5.32 Å². The Morgan fingerprint density at radius 3 is 2.42 bits per heavy atom. The molecule has 24 heavy (non-hydrogen) atoms. The van der Waals surface area contributed by atoms with Crippen LogP contribution in [0.1, 0.15) is 13.3 Å². The van der Waals surface area contributed by atoms with E-state index in [-0.39, 0.29) is 13.0 Å². The minimum Gasteiger partial charge on any atom is -0.394 e. The fourth-order valence-electron chi connectivity index (χ4n) is 2.92. The van der Waals surface area contributed by atoms with Gasteiger partial charge in [0.1, 0.15) is 36.6 Å². The average molecular weight is 351 g/mol. The van der Waals surface area contributed by atoms with Gasteiger partial charge >= 0.3 is 0 Å². The predicted octanol–water partition coefficient (Wildman–Crippen LogP) is -3.54. The first-order valence-corrected chi connectivity index (χ1v) is 7.84. The SMILES string of the molecule is CC(=O)NC1C(OC2C(O)CCOC2CO)OC(CO)C(O)C1O. The topological polar surface area (TPSA) is 158 Å². The summed E-state index contributed by atoms with van der Waals surface area (Å²) in [5.74, 6) is -0.481. The maximum Gasteiger partial charge on any atom is 0.217 e. The summed E-state index contributed by atoms with van der Waals surface area (Å²) in [4.78, 5) is 11.4. The van der Waals surface area contributed by atoms with E-state index in [0.717, 1.165) is 0 Å². The first kappa shape index (κ1) is 19.5. The molecule has 0 aromatic carbocycles. The monoisotopic (exact) mass is 351 g/mol. The molecule has 2 aliphatic rings. The van der Waals surface area contributed by atoms with E-state index < -0.39 is 68.1 Å². The van der Waals surface area contributed by atoms with Gasteiger partial charge in [-0.3, -0.25) is 4.79 Å². The number of hydrogen-bond acceptors (Lipinski definition) is 9. The molecule has 2 rings (SSSR count). The number of rotatable bonds is 5. The molecule has 140 valence electrons. The van der Waals surface area contributed by atoms with Crippen LogP contribution in [0.15, 0.2) is 0 Å². The van der Waals surface area contributed by atoms with Crippen molar-refractivity contribution in [2.45, 2.75) is 62.3 Å². The van der Waals surface area contributed by atoms with Gasteiger partial charge in [0, 0.05) is 13.5 Å². The van der Waals surface area contributed by atoms with Crippen molar-refractivity contribution in [3.63, 3.8) is 0 Å². The predicted molar refractivity (Wildman–Crippen MR) is 77.7 cm³/mol. The Morgan fingerprint density at radius 2 is 1.83 bits per heavy atom. The quantitative estimate of drug-likeness (QED) is 0.295. The summed E-state index contributed by atoms with van der Waals surface area (Å²) in [5, 5.41) is 51.3. The summed E-state index contributed by atoms with van der Waals surface area (Å²) < 4.78 is 16.4. The third-order valence-corrected chi connectivity index (χ3v) is 4.21. The summed E-state index contributed by atoms with van der Waals surface area (Å²) in [7, 11) is 0. The van der Waals surface area contributed by atoms with E-state index in [1.54, 1.807) is 0 Å². The lowest BCUT2D eigenvalue weighted by Gasteiger charge is -2.45. The highest BCUT2D eigenvalue weighted by molar-refractivity contribution is 5.73. The van der Waals surface area contributed by atoms with Gasteiger partial charge in [0.2, 0.25) is 5.91 Å². The second-order valence-corrected chi connectivity index (χ2v) is 5.98. The maximum atomic E-state index is 11.4. The van der Waals surface area contributed by atoms with Crippen LogP contribution in [0.5, 0.6) is 0 Å². The number of carbonyl (C=O) groups excluding carboxylic acids is 1. The van der Waals surface area contributed by atoms with Gasteiger partial charge in [-0.05, 0) is 6.42 Å². The first-order valence-electron chi connectivity index (χ1n) is 7.84. The average Bonchev–Trinajstić information content (AvgIpc) is 2.55. The van der Waals surface area contributed by atoms with E-state index in [1.807, 2.05) is 0 Å². The lowest BCUT2D eigenvalue weighted by Crippen LogP contribution is -2.66. The molecular weight excluding hydrogens is 326 g/mol. The van der Waals surface area contributed by atoms with Crippen molar-refractivity contribution in [3.8, 4) is 0 Å². The number of hydrogen-bond donors (Lipinski definition) is 6. The summed E-state index contributed by atoms with van der Waals surface area (Å²) in [5.41, 5.74) is 0. The molecule has 8 atom stereocenters. The number of carbonyl (C=O) groups is 1. The molecule has 0 spiro atoms. The van der Waals surface area contributed by atoms with Gasteiger partial charge in [0.25, 0.3) is 0 Å². The molecule has 2 saturated heterocycles. The van der Waals surface area contributed by atoms with Crippen molar-refractivity contribution in [2.75, 3.05) is 19.8 Å². The minimum atomic E-state index is -1.45. The molecular formula is C14H25NO9. The Morgan fingerprint density at radius 1 is 1.17 bits per heavy atom. The molecule has 8 unspecified atom stereocenters. The van der Waals surface area contributed by atoms with Gasteiger partial charge in [-0.25, -0.2) is 0 Å². The molecule has 0 saturated carbocycles. The number of aliphatic hydroxyl groups is 5. The van der Waals surface area contributed by atoms with Gasteiger partial charge in [-0.1, -0.05) is 0 Å². The smallest absolute Gasteiger partial charge is 0.217 e. The second-order valence-electron chi connectivity index (χ2n) is 5.98. The van der Waals surface area contributed by atoms with Crippen molar-refractivity contribution in [2.24, 2.45) is 0 Å². The van der Waals surface area contributed by atoms with Gasteiger partial charge < -0.3 is 45.1 Å². The fourth-order valence-corrected chi connectivity index (χ4v) is 2.92. The molecule has 0 aromatic heterocycles. The normalized spacial score (nSPS) is 43.4. The number of ether oxygens (including phenoxy) is 3. The van der Waals surface area contributed by atoms with Crippen LogP contribution in [0, 0.1) is 0 Å². The number of aliphatic hydroxyl groups excluding tert-OH is 5. The highest BCUT2D eigenvalue weighted by Gasteiger charge is 2.48. The standard InChI is InChI=1S/C14H25NO9/c1-6(18)15-10-12(21)11(20)8(4-16)23-14(10)24-13-7(19)2-3-22-9(13)5-17/h7-14,16-17,19-21H,2-5H2,1H3,(H,15,18). The lowest BCUT2D eigenvalue weighted by atomic mass is 9.96. The van der Waals surface area contributed by atoms with Gasteiger partial charge in [-0.2, -0.15) is 0 Å². The number of nitrogens with one attached hydrogen (secondary N) is 1. The lowest BCUT2D eigenvalue weighted by molar-refractivity contribution is -0.307. The van der Waals surface area contributed by atoms with Crippen LogP contribution in [-0.4, -0.2) is 100 Å². The van der Waals surface area contributed by atoms with Crippen LogP contribution in [0.2, 0.25) is 0 Å². The number of amides is 1. The van der Waals surface area contributed by atoms with Crippen molar-refractivity contribution in [1.29, 1.82) is 0 Å². The molecule has 6 N–H and O–H groups in total. The van der Waals surface area contributed by atoms with E-state index in [0.29, 0.717) is 0 Å². The molecule has 0 aromatic rings. The Bertz CT molecular complexity index is 423. The van der Waals surface area contributed by atoms with E-state index >= 15 is 0 Å². The van der Waals surface area contributed by atoms with Gasteiger partial charge in [0.05, 0.1) is 19.3 Å². The van der Waals surface area contributed by atoms with Crippen LogP contribution < -0.4 is 5.32 Å². The molecule has 0 bridgehead atoms. The van der Waals surface area contributed by atoms with Crippen LogP contribution in [0.25, 0.3) is 0 Å². The zero-order chi connectivity index (χ0) is 17.9. The molecule has 10 nitrogen and oxygen atoms in total. The fraction of sp³-hybridized carbons (Fsp3) is 0.929. The van der Waals surface area contributed by atoms with Gasteiger partial charge in [0.15, 0.2) is 6.29 Å². The Labute approximate surface area is 138 Å². The Balaban J connectivity index is 2.17. The van der Waals surface area contributed by atoms with Gasteiger partial charge in [-0.15, -0.1) is 0 Å². The maximum absolute atomic E-state index is 11.4. The molecule has 10 heteroatoms. The highest BCUT2D eigenvalue weighted by atomic mass is 16.7. The molecule has 2 heterocycles. The third-order valence-electron chi connectivity index (χ3n) is 4.21. The minimum absolute atomic E-state index is 0.257.